The molecule has 0 N–H and O–H groups in total. The third kappa shape index (κ3) is 6.89. The first-order valence-electron chi connectivity index (χ1n) is 25.3. The second-order valence-electron chi connectivity index (χ2n) is 19.7. The monoisotopic (exact) mass is 924 g/mol. The van der Waals surface area contributed by atoms with Crippen LogP contribution < -0.4 is 26.2 Å². The van der Waals surface area contributed by atoms with Crippen LogP contribution in [0.25, 0.3) is 87.6 Å². The number of hydrogen-bond acceptors (Lipinski definition) is 2. The summed E-state index contributed by atoms with van der Waals surface area (Å²) in [6, 6.07) is 102. The van der Waals surface area contributed by atoms with Crippen LogP contribution in [0.5, 0.6) is 0 Å². The van der Waals surface area contributed by atoms with Crippen LogP contribution in [0.15, 0.2) is 273 Å². The van der Waals surface area contributed by atoms with E-state index in [1.165, 1.54) is 121 Å². The van der Waals surface area contributed by atoms with Crippen LogP contribution in [0.2, 0.25) is 0 Å². The Morgan fingerprint density at radius 2 is 0.534 bits per heavy atom. The van der Waals surface area contributed by atoms with Gasteiger partial charge in [-0.25, -0.2) is 0 Å². The minimum absolute atomic E-state index is 0.0777. The third-order valence-electron chi connectivity index (χ3n) is 15.5. The summed E-state index contributed by atoms with van der Waals surface area (Å²) >= 11 is 0. The van der Waals surface area contributed by atoms with Crippen molar-refractivity contribution in [3.63, 3.8) is 0 Å². The van der Waals surface area contributed by atoms with Crippen LogP contribution in [-0.2, 0) is 0 Å². The van der Waals surface area contributed by atoms with Gasteiger partial charge in [0, 0.05) is 34.1 Å². The molecule has 0 spiro atoms. The maximum absolute atomic E-state index is 2.56. The summed E-state index contributed by atoms with van der Waals surface area (Å²) in [5, 5.41) is 9.89. The van der Waals surface area contributed by atoms with Gasteiger partial charge in [0.05, 0.1) is 0 Å². The zero-order valence-electron chi connectivity index (χ0n) is 40.0. The SMILES string of the molecule is c1ccc(-c2ccc(N3c4cc5cc6ccccc6cc5cc4B4c5cc6cc7ccccc7cc6cc5N(c5ccc(-c6ccccc6)cc5)c5cc(-c6cccc(-c7ccccc7)c6)cc3c54)cc2)cc1. The summed E-state index contributed by atoms with van der Waals surface area (Å²) in [7, 11) is 0. The molecule has 2 aliphatic heterocycles. The van der Waals surface area contributed by atoms with Gasteiger partial charge >= 0.3 is 0 Å². The second kappa shape index (κ2) is 16.6. The van der Waals surface area contributed by atoms with Crippen molar-refractivity contribution >= 4 is 100 Å². The van der Waals surface area contributed by atoms with Crippen molar-refractivity contribution in [3.8, 4) is 44.5 Å². The van der Waals surface area contributed by atoms with Gasteiger partial charge in [0.25, 0.3) is 6.71 Å². The van der Waals surface area contributed by atoms with Crippen LogP contribution in [0.4, 0.5) is 34.1 Å². The Hall–Kier alpha value is -9.44. The van der Waals surface area contributed by atoms with E-state index in [2.05, 4.69) is 283 Å². The molecule has 2 heterocycles. The second-order valence-corrected chi connectivity index (χ2v) is 19.7. The predicted molar refractivity (Wildman–Crippen MR) is 312 cm³/mol. The highest BCUT2D eigenvalue weighted by Crippen LogP contribution is 2.48. The Labute approximate surface area is 425 Å². The number of benzene rings is 13. The molecule has 2 aliphatic rings. The van der Waals surface area contributed by atoms with Gasteiger partial charge in [-0.1, -0.05) is 194 Å². The molecule has 2 nitrogen and oxygen atoms in total. The highest BCUT2D eigenvalue weighted by atomic mass is 15.2. The number of hydrogen-bond donors (Lipinski definition) is 0. The third-order valence-corrected chi connectivity index (χ3v) is 15.5. The Balaban J connectivity index is 1.05. The summed E-state index contributed by atoms with van der Waals surface area (Å²) in [6.07, 6.45) is 0. The highest BCUT2D eigenvalue weighted by molar-refractivity contribution is 7.00. The lowest BCUT2D eigenvalue weighted by Gasteiger charge is -2.44. The highest BCUT2D eigenvalue weighted by Gasteiger charge is 2.44. The first-order valence-corrected chi connectivity index (χ1v) is 25.3. The minimum atomic E-state index is -0.0777. The summed E-state index contributed by atoms with van der Waals surface area (Å²) in [6.45, 7) is -0.0777. The van der Waals surface area contributed by atoms with Crippen molar-refractivity contribution in [2.45, 2.75) is 0 Å². The van der Waals surface area contributed by atoms with Gasteiger partial charge in [0.2, 0.25) is 0 Å². The topological polar surface area (TPSA) is 6.48 Å². The lowest BCUT2D eigenvalue weighted by atomic mass is 9.33. The molecule has 0 atom stereocenters. The molecule has 0 saturated carbocycles. The van der Waals surface area contributed by atoms with E-state index in [9.17, 15) is 0 Å². The minimum Gasteiger partial charge on any atom is -0.311 e. The maximum Gasteiger partial charge on any atom is 0.252 e. The van der Waals surface area contributed by atoms with Crippen molar-refractivity contribution in [1.29, 1.82) is 0 Å². The van der Waals surface area contributed by atoms with Crippen LogP contribution >= 0.6 is 0 Å². The molecule has 0 saturated heterocycles. The van der Waals surface area contributed by atoms with Gasteiger partial charge in [0.15, 0.2) is 0 Å². The summed E-state index contributed by atoms with van der Waals surface area (Å²) in [5.74, 6) is 0. The van der Waals surface area contributed by atoms with E-state index >= 15 is 0 Å². The fourth-order valence-electron chi connectivity index (χ4n) is 12.0. The van der Waals surface area contributed by atoms with Crippen LogP contribution in [-0.4, -0.2) is 6.71 Å². The molecule has 338 valence electrons. The average Bonchev–Trinajstić information content (AvgIpc) is 3.46. The number of anilines is 6. The van der Waals surface area contributed by atoms with E-state index in [0.29, 0.717) is 0 Å². The van der Waals surface area contributed by atoms with Crippen molar-refractivity contribution < 1.29 is 0 Å². The molecule has 3 heteroatoms. The fraction of sp³-hybridized carbons (Fsp3) is 0. The van der Waals surface area contributed by atoms with Crippen LogP contribution in [0.1, 0.15) is 0 Å². The molecule has 15 rings (SSSR count). The van der Waals surface area contributed by atoms with Gasteiger partial charge in [-0.2, -0.15) is 0 Å². The molecular formula is C70H45BN2. The van der Waals surface area contributed by atoms with Gasteiger partial charge in [-0.3, -0.25) is 0 Å². The van der Waals surface area contributed by atoms with E-state index < -0.39 is 0 Å². The molecule has 13 aromatic rings. The standard InChI is InChI=1S/C70H45BN2/c1-4-15-46(16-5-1)49-27-31-62(32-28-49)72-66-42-59-38-54-23-12-10-21-52(54)36-57(59)40-64(66)71-65-41-58-37-53-22-11-13-24-55(53)39-60(58)43-67(65)73(63-33-29-50(30-34-63)47-17-6-2-7-18-47)69-45-61(44-68(72)70(69)71)56-26-14-25-51(35-56)48-19-8-3-9-20-48/h1-45H. The van der Waals surface area contributed by atoms with E-state index in [-0.39, 0.29) is 6.71 Å². The maximum atomic E-state index is 2.56. The van der Waals surface area contributed by atoms with Gasteiger partial charge in [0.1, 0.15) is 0 Å². The molecule has 0 radical (unpaired) electrons. The first kappa shape index (κ1) is 41.4. The van der Waals surface area contributed by atoms with Crippen molar-refractivity contribution in [1.82, 2.24) is 0 Å². The van der Waals surface area contributed by atoms with Crippen molar-refractivity contribution in [2.24, 2.45) is 0 Å². The smallest absolute Gasteiger partial charge is 0.252 e. The normalized spacial score (nSPS) is 12.6. The molecular weight excluding hydrogens is 880 g/mol. The van der Waals surface area contributed by atoms with E-state index in [1.807, 2.05) is 0 Å². The predicted octanol–water partition coefficient (Wildman–Crippen LogP) is 17.0. The van der Waals surface area contributed by atoms with Gasteiger partial charge < -0.3 is 9.80 Å². The molecule has 0 aromatic heterocycles. The van der Waals surface area contributed by atoms with E-state index in [4.69, 9.17) is 0 Å². The van der Waals surface area contributed by atoms with Crippen LogP contribution in [0, 0.1) is 0 Å². The molecule has 13 aromatic carbocycles. The molecule has 0 amide bonds. The zero-order valence-corrected chi connectivity index (χ0v) is 40.0. The largest absolute Gasteiger partial charge is 0.311 e. The summed E-state index contributed by atoms with van der Waals surface area (Å²) < 4.78 is 0. The number of fused-ring (bicyclic) bond motifs is 8. The lowest BCUT2D eigenvalue weighted by Crippen LogP contribution is -2.61. The molecule has 0 aliphatic carbocycles. The average molecular weight is 925 g/mol. The Morgan fingerprint density at radius 1 is 0.205 bits per heavy atom. The Bertz CT molecular complexity index is 4070. The van der Waals surface area contributed by atoms with Crippen LogP contribution in [0.3, 0.4) is 0 Å². The molecule has 0 fully saturated rings. The summed E-state index contributed by atoms with van der Waals surface area (Å²) in [5.41, 5.74) is 20.4. The fourth-order valence-corrected chi connectivity index (χ4v) is 12.0. The molecule has 0 unspecified atom stereocenters. The van der Waals surface area contributed by atoms with Gasteiger partial charge in [-0.15, -0.1) is 0 Å². The molecule has 73 heavy (non-hydrogen) atoms. The number of nitrogens with zero attached hydrogens (tertiary/aromatic N) is 2. The van der Waals surface area contributed by atoms with Crippen molar-refractivity contribution in [3.05, 3.63) is 273 Å². The zero-order chi connectivity index (χ0) is 48.0. The summed E-state index contributed by atoms with van der Waals surface area (Å²) in [4.78, 5) is 5.13. The lowest BCUT2D eigenvalue weighted by molar-refractivity contribution is 1.26. The van der Waals surface area contributed by atoms with Gasteiger partial charge in [-0.05, 0) is 183 Å². The van der Waals surface area contributed by atoms with E-state index in [0.717, 1.165) is 16.9 Å². The van der Waals surface area contributed by atoms with E-state index in [1.54, 1.807) is 0 Å². The molecule has 0 bridgehead atoms. The van der Waals surface area contributed by atoms with Crippen molar-refractivity contribution in [2.75, 3.05) is 9.80 Å². The Kier molecular flexibility index (Phi) is 9.40. The quantitative estimate of drug-likeness (QED) is 0.121. The first-order chi connectivity index (χ1) is 36.1. The Morgan fingerprint density at radius 3 is 0.945 bits per heavy atom. The number of rotatable bonds is 6.